The van der Waals surface area contributed by atoms with Crippen molar-refractivity contribution in [3.63, 3.8) is 0 Å². The summed E-state index contributed by atoms with van der Waals surface area (Å²) in [6.07, 6.45) is 8.20. The molecule has 0 aromatic carbocycles. The van der Waals surface area contributed by atoms with Crippen LogP contribution >= 0.6 is 11.3 Å². The first-order valence-corrected chi connectivity index (χ1v) is 10.2. The van der Waals surface area contributed by atoms with E-state index in [1.165, 1.54) is 19.3 Å². The van der Waals surface area contributed by atoms with E-state index < -0.39 is 0 Å². The Labute approximate surface area is 152 Å². The number of ether oxygens (including phenoxy) is 1. The number of hydrogen-bond acceptors (Lipinski definition) is 4. The number of thiophene rings is 1. The van der Waals surface area contributed by atoms with Crippen molar-refractivity contribution < 1.29 is 13.9 Å². The predicted molar refractivity (Wildman–Crippen MR) is 98.7 cm³/mol. The van der Waals surface area contributed by atoms with Crippen molar-refractivity contribution in [2.24, 2.45) is 0 Å². The number of furan rings is 1. The summed E-state index contributed by atoms with van der Waals surface area (Å²) in [6.45, 7) is 0.662. The molecule has 0 unspecified atom stereocenters. The van der Waals surface area contributed by atoms with Crippen molar-refractivity contribution in [2.75, 3.05) is 6.61 Å². The third-order valence-electron chi connectivity index (χ3n) is 5.36. The average Bonchev–Trinajstić information content (AvgIpc) is 3.35. The summed E-state index contributed by atoms with van der Waals surface area (Å²) < 4.78 is 11.9. The maximum absolute atomic E-state index is 12.3. The van der Waals surface area contributed by atoms with Crippen molar-refractivity contribution in [2.45, 2.75) is 63.0 Å². The third kappa shape index (κ3) is 3.98. The molecule has 2 aromatic heterocycles. The van der Waals surface area contributed by atoms with Crippen molar-refractivity contribution in [1.82, 2.24) is 5.32 Å². The van der Waals surface area contributed by atoms with Gasteiger partial charge >= 0.3 is 0 Å². The zero-order valence-electron chi connectivity index (χ0n) is 14.5. The molecule has 25 heavy (non-hydrogen) atoms. The molecule has 1 aliphatic carbocycles. The number of rotatable bonds is 5. The number of carbonyl (C=O) groups excluding carboxylic acids is 1. The van der Waals surface area contributed by atoms with Crippen LogP contribution in [0.1, 0.15) is 50.7 Å². The first-order chi connectivity index (χ1) is 12.2. The van der Waals surface area contributed by atoms with Gasteiger partial charge in [-0.25, -0.2) is 0 Å². The molecule has 2 aliphatic rings. The van der Waals surface area contributed by atoms with Crippen LogP contribution in [-0.4, -0.2) is 24.2 Å². The highest BCUT2D eigenvalue weighted by Crippen LogP contribution is 2.39. The van der Waals surface area contributed by atoms with Crippen molar-refractivity contribution >= 4 is 17.2 Å². The summed E-state index contributed by atoms with van der Waals surface area (Å²) in [5.74, 6) is 1.84. The monoisotopic (exact) mass is 359 g/mol. The summed E-state index contributed by atoms with van der Waals surface area (Å²) in [6, 6.07) is 8.18. The second-order valence-corrected chi connectivity index (χ2v) is 8.21. The number of aryl methyl sites for hydroxylation is 1. The molecule has 1 N–H and O–H groups in total. The van der Waals surface area contributed by atoms with Gasteiger partial charge in [0.25, 0.3) is 0 Å². The lowest BCUT2D eigenvalue weighted by atomic mass is 9.82. The molecule has 1 amide bonds. The standard InChI is InChI=1S/C20H25NO3S/c22-19(21-15-13-20(23-14-15)10-2-1-3-11-20)9-7-16-6-8-17(24-16)18-5-4-12-25-18/h4-6,8,12,15H,1-3,7,9-11,13-14H2,(H,21,22)/t15-/m0/s1. The molecular weight excluding hydrogens is 334 g/mol. The Kier molecular flexibility index (Phi) is 4.95. The molecule has 4 rings (SSSR count). The summed E-state index contributed by atoms with van der Waals surface area (Å²) >= 11 is 1.66. The maximum atomic E-state index is 12.3. The zero-order valence-corrected chi connectivity index (χ0v) is 15.3. The molecule has 1 atom stereocenters. The van der Waals surface area contributed by atoms with Crippen LogP contribution in [0.5, 0.6) is 0 Å². The van der Waals surface area contributed by atoms with Crippen LogP contribution < -0.4 is 5.32 Å². The van der Waals surface area contributed by atoms with Crippen LogP contribution in [0.2, 0.25) is 0 Å². The van der Waals surface area contributed by atoms with E-state index in [4.69, 9.17) is 9.15 Å². The van der Waals surface area contributed by atoms with E-state index in [1.54, 1.807) is 11.3 Å². The van der Waals surface area contributed by atoms with Gasteiger partial charge in [-0.3, -0.25) is 4.79 Å². The fourth-order valence-corrected chi connectivity index (χ4v) is 4.77. The summed E-state index contributed by atoms with van der Waals surface area (Å²) in [4.78, 5) is 13.4. The normalized spacial score (nSPS) is 22.3. The van der Waals surface area contributed by atoms with Gasteiger partial charge in [-0.2, -0.15) is 0 Å². The summed E-state index contributed by atoms with van der Waals surface area (Å²) in [5.41, 5.74) is 0.0484. The van der Waals surface area contributed by atoms with E-state index in [1.807, 2.05) is 29.6 Å². The average molecular weight is 359 g/mol. The van der Waals surface area contributed by atoms with Crippen LogP contribution in [0.4, 0.5) is 0 Å². The minimum atomic E-state index is 0.0484. The first kappa shape index (κ1) is 16.9. The van der Waals surface area contributed by atoms with Crippen LogP contribution in [0.25, 0.3) is 10.6 Å². The zero-order chi connectivity index (χ0) is 17.1. The van der Waals surface area contributed by atoms with Crippen LogP contribution in [-0.2, 0) is 16.0 Å². The number of amides is 1. The molecule has 134 valence electrons. The number of hydrogen-bond donors (Lipinski definition) is 1. The minimum Gasteiger partial charge on any atom is -0.460 e. The van der Waals surface area contributed by atoms with Gasteiger partial charge in [0.1, 0.15) is 11.5 Å². The highest BCUT2D eigenvalue weighted by atomic mass is 32.1. The minimum absolute atomic E-state index is 0.0484. The third-order valence-corrected chi connectivity index (χ3v) is 6.25. The molecule has 2 aromatic rings. The Bertz CT molecular complexity index is 700. The van der Waals surface area contributed by atoms with E-state index in [0.717, 1.165) is 35.7 Å². The molecule has 2 fully saturated rings. The van der Waals surface area contributed by atoms with Gasteiger partial charge in [0.2, 0.25) is 5.91 Å². The molecule has 3 heterocycles. The fraction of sp³-hybridized carbons (Fsp3) is 0.550. The fourth-order valence-electron chi connectivity index (χ4n) is 4.08. The Morgan fingerprint density at radius 3 is 2.92 bits per heavy atom. The molecule has 1 saturated heterocycles. The smallest absolute Gasteiger partial charge is 0.220 e. The second-order valence-electron chi connectivity index (χ2n) is 7.27. The van der Waals surface area contributed by atoms with E-state index in [9.17, 15) is 4.79 Å². The van der Waals surface area contributed by atoms with Gasteiger partial charge in [-0.05, 0) is 42.8 Å². The number of nitrogens with one attached hydrogen (secondary N) is 1. The van der Waals surface area contributed by atoms with Crippen molar-refractivity contribution in [1.29, 1.82) is 0 Å². The molecule has 0 radical (unpaired) electrons. The lowest BCUT2D eigenvalue weighted by Gasteiger charge is -2.32. The van der Waals surface area contributed by atoms with Gasteiger partial charge in [-0.1, -0.05) is 25.3 Å². The maximum Gasteiger partial charge on any atom is 0.220 e. The highest BCUT2D eigenvalue weighted by molar-refractivity contribution is 7.13. The summed E-state index contributed by atoms with van der Waals surface area (Å²) in [5, 5.41) is 5.19. The summed E-state index contributed by atoms with van der Waals surface area (Å²) in [7, 11) is 0. The first-order valence-electron chi connectivity index (χ1n) is 9.28. The van der Waals surface area contributed by atoms with Crippen molar-refractivity contribution in [3.8, 4) is 10.6 Å². The van der Waals surface area contributed by atoms with Crippen LogP contribution in [0, 0.1) is 0 Å². The van der Waals surface area contributed by atoms with Gasteiger partial charge < -0.3 is 14.5 Å². The molecule has 1 aliphatic heterocycles. The molecule has 5 heteroatoms. The second kappa shape index (κ2) is 7.34. The van der Waals surface area contributed by atoms with Gasteiger partial charge in [-0.15, -0.1) is 11.3 Å². The Morgan fingerprint density at radius 1 is 1.24 bits per heavy atom. The quantitative estimate of drug-likeness (QED) is 0.852. The SMILES string of the molecule is O=C(CCc1ccc(-c2cccs2)o1)N[C@@H]1COC2(CCCCC2)C1. The van der Waals surface area contributed by atoms with Crippen LogP contribution in [0.3, 0.4) is 0 Å². The van der Waals surface area contributed by atoms with E-state index in [2.05, 4.69) is 5.32 Å². The van der Waals surface area contributed by atoms with Crippen LogP contribution in [0.15, 0.2) is 34.1 Å². The van der Waals surface area contributed by atoms with E-state index >= 15 is 0 Å². The largest absolute Gasteiger partial charge is 0.460 e. The highest BCUT2D eigenvalue weighted by Gasteiger charge is 2.41. The molecule has 0 bridgehead atoms. The Balaban J connectivity index is 1.24. The van der Waals surface area contributed by atoms with E-state index in [-0.39, 0.29) is 17.6 Å². The topological polar surface area (TPSA) is 51.5 Å². The van der Waals surface area contributed by atoms with E-state index in [0.29, 0.717) is 19.4 Å². The lowest BCUT2D eigenvalue weighted by Crippen LogP contribution is -2.37. The number of carbonyl (C=O) groups is 1. The Hall–Kier alpha value is -1.59. The van der Waals surface area contributed by atoms with Gasteiger partial charge in [0, 0.05) is 12.8 Å². The molecule has 1 saturated carbocycles. The van der Waals surface area contributed by atoms with Gasteiger partial charge in [0.15, 0.2) is 0 Å². The van der Waals surface area contributed by atoms with Gasteiger partial charge in [0.05, 0.1) is 23.1 Å². The lowest BCUT2D eigenvalue weighted by molar-refractivity contribution is -0.121. The molecular formula is C20H25NO3S. The molecule has 4 nitrogen and oxygen atoms in total. The predicted octanol–water partition coefficient (Wildman–Crippen LogP) is 4.55. The Morgan fingerprint density at radius 2 is 2.12 bits per heavy atom. The van der Waals surface area contributed by atoms with Crippen molar-refractivity contribution in [3.05, 3.63) is 35.4 Å². The molecule has 1 spiro atoms.